The summed E-state index contributed by atoms with van der Waals surface area (Å²) in [5.41, 5.74) is 6.16. The third-order valence-corrected chi connectivity index (χ3v) is 4.49. The molecule has 4 N–H and O–H groups in total. The van der Waals surface area contributed by atoms with E-state index in [-0.39, 0.29) is 18.4 Å². The van der Waals surface area contributed by atoms with Gasteiger partial charge in [-0.15, -0.1) is 11.8 Å². The largest absolute Gasteiger partial charge is 0.409 e. The zero-order valence-electron chi connectivity index (χ0n) is 9.43. The molecule has 0 aromatic heterocycles. The van der Waals surface area contributed by atoms with E-state index in [1.165, 1.54) is 0 Å². The van der Waals surface area contributed by atoms with Crippen molar-refractivity contribution in [3.8, 4) is 0 Å². The van der Waals surface area contributed by atoms with Gasteiger partial charge in [0, 0.05) is 27.3 Å². The second-order valence-electron chi connectivity index (χ2n) is 3.73. The van der Waals surface area contributed by atoms with Crippen molar-refractivity contribution in [2.75, 3.05) is 12.4 Å². The number of oxime groups is 1. The molecule has 1 aromatic carbocycles. The lowest BCUT2D eigenvalue weighted by atomic mass is 10.2. The fourth-order valence-electron chi connectivity index (χ4n) is 1.12. The molecule has 0 spiro atoms. The van der Waals surface area contributed by atoms with Crippen molar-refractivity contribution in [3.05, 3.63) is 28.2 Å². The zero-order chi connectivity index (χ0) is 12.8. The normalized spacial score (nSPS) is 13.7. The van der Waals surface area contributed by atoms with Crippen LogP contribution in [0.2, 0.25) is 0 Å². The van der Waals surface area contributed by atoms with Crippen molar-refractivity contribution in [2.24, 2.45) is 16.8 Å². The van der Waals surface area contributed by atoms with Crippen LogP contribution in [0.5, 0.6) is 0 Å². The molecule has 0 aliphatic heterocycles. The molecule has 4 nitrogen and oxygen atoms in total. The lowest BCUT2D eigenvalue weighted by Crippen LogP contribution is -2.12. The number of amidine groups is 1. The molecule has 0 amide bonds. The first-order valence-corrected chi connectivity index (χ1v) is 6.87. The molecule has 0 radical (unpaired) electrons. The first kappa shape index (κ1) is 14.3. The number of aliphatic hydroxyl groups is 1. The molecule has 1 rings (SSSR count). The minimum absolute atomic E-state index is 0.0889. The highest BCUT2D eigenvalue weighted by atomic mass is 79.9. The molecule has 0 heterocycles. The summed E-state index contributed by atoms with van der Waals surface area (Å²) >= 11 is 5.10. The predicted octanol–water partition coefficient (Wildman–Crippen LogP) is 2.26. The van der Waals surface area contributed by atoms with Crippen molar-refractivity contribution in [2.45, 2.75) is 11.8 Å². The van der Waals surface area contributed by atoms with Crippen LogP contribution in [-0.2, 0) is 0 Å². The van der Waals surface area contributed by atoms with Crippen LogP contribution >= 0.6 is 27.7 Å². The third kappa shape index (κ3) is 4.22. The zero-order valence-corrected chi connectivity index (χ0v) is 11.8. The van der Waals surface area contributed by atoms with E-state index in [0.717, 1.165) is 15.1 Å². The van der Waals surface area contributed by atoms with Gasteiger partial charge in [0.1, 0.15) is 0 Å². The van der Waals surface area contributed by atoms with E-state index in [1.807, 2.05) is 13.0 Å². The number of aliphatic hydroxyl groups excluding tert-OH is 1. The lowest BCUT2D eigenvalue weighted by Gasteiger charge is -2.09. The van der Waals surface area contributed by atoms with Crippen LogP contribution in [0.1, 0.15) is 12.5 Å². The second-order valence-corrected chi connectivity index (χ2v) is 5.65. The van der Waals surface area contributed by atoms with Gasteiger partial charge in [0.05, 0.1) is 0 Å². The Hall–Kier alpha value is -0.720. The smallest absolute Gasteiger partial charge is 0.170 e. The molecule has 17 heavy (non-hydrogen) atoms. The van der Waals surface area contributed by atoms with Crippen molar-refractivity contribution >= 4 is 33.5 Å². The Morgan fingerprint density at radius 1 is 1.59 bits per heavy atom. The Morgan fingerprint density at radius 2 is 2.29 bits per heavy atom. The molecular formula is C11H15BrN2O2S. The van der Waals surface area contributed by atoms with Gasteiger partial charge in [-0.05, 0) is 40.0 Å². The minimum atomic E-state index is 0.0889. The Morgan fingerprint density at radius 3 is 2.82 bits per heavy atom. The summed E-state index contributed by atoms with van der Waals surface area (Å²) in [7, 11) is 0. The fraction of sp³-hybridized carbons (Fsp3) is 0.364. The van der Waals surface area contributed by atoms with Crippen LogP contribution in [0.25, 0.3) is 0 Å². The molecule has 1 unspecified atom stereocenters. The molecular weight excluding hydrogens is 304 g/mol. The highest BCUT2D eigenvalue weighted by molar-refractivity contribution is 9.10. The van der Waals surface area contributed by atoms with Crippen LogP contribution in [0.15, 0.2) is 32.7 Å². The molecule has 0 aliphatic rings. The molecule has 0 saturated heterocycles. The van der Waals surface area contributed by atoms with E-state index in [9.17, 15) is 0 Å². The van der Waals surface area contributed by atoms with Crippen molar-refractivity contribution < 1.29 is 10.3 Å². The van der Waals surface area contributed by atoms with Crippen molar-refractivity contribution in [3.63, 3.8) is 0 Å². The van der Waals surface area contributed by atoms with E-state index in [0.29, 0.717) is 5.56 Å². The quantitative estimate of drug-likeness (QED) is 0.256. The molecule has 0 bridgehead atoms. The Bertz CT molecular complexity index is 412. The lowest BCUT2D eigenvalue weighted by molar-refractivity contribution is 0.250. The van der Waals surface area contributed by atoms with Gasteiger partial charge in [-0.1, -0.05) is 12.1 Å². The van der Waals surface area contributed by atoms with E-state index < -0.39 is 0 Å². The van der Waals surface area contributed by atoms with E-state index in [4.69, 9.17) is 16.0 Å². The van der Waals surface area contributed by atoms with Gasteiger partial charge in [0.15, 0.2) is 5.84 Å². The molecule has 0 saturated carbocycles. The van der Waals surface area contributed by atoms with Crippen LogP contribution in [-0.4, -0.2) is 28.5 Å². The number of halogens is 1. The summed E-state index contributed by atoms with van der Waals surface area (Å²) in [5, 5.41) is 20.5. The summed E-state index contributed by atoms with van der Waals surface area (Å²) in [6, 6.07) is 5.51. The van der Waals surface area contributed by atoms with Crippen LogP contribution in [0.3, 0.4) is 0 Å². The highest BCUT2D eigenvalue weighted by Gasteiger charge is 2.07. The summed E-state index contributed by atoms with van der Waals surface area (Å²) in [6.07, 6.45) is 0. The Kier molecular flexibility index (Phi) is 5.80. The number of hydrogen-bond acceptors (Lipinski definition) is 4. The average Bonchev–Trinajstić information content (AvgIpc) is 2.35. The van der Waals surface area contributed by atoms with E-state index in [2.05, 4.69) is 21.1 Å². The number of nitrogens with zero attached hydrogens (tertiary/aromatic N) is 1. The number of hydrogen-bond donors (Lipinski definition) is 3. The monoisotopic (exact) mass is 318 g/mol. The molecule has 94 valence electrons. The maximum atomic E-state index is 8.95. The minimum Gasteiger partial charge on any atom is -0.409 e. The van der Waals surface area contributed by atoms with Gasteiger partial charge >= 0.3 is 0 Å². The predicted molar refractivity (Wildman–Crippen MR) is 73.6 cm³/mol. The fourth-order valence-corrected chi connectivity index (χ4v) is 2.77. The number of thioether (sulfide) groups is 1. The van der Waals surface area contributed by atoms with Crippen LogP contribution in [0, 0.1) is 5.92 Å². The van der Waals surface area contributed by atoms with Gasteiger partial charge in [-0.2, -0.15) is 0 Å². The SMILES string of the molecule is CC(CO)CSc1ccc(/C(N)=N/O)cc1Br. The number of rotatable bonds is 5. The summed E-state index contributed by atoms with van der Waals surface area (Å²) in [4.78, 5) is 1.07. The summed E-state index contributed by atoms with van der Waals surface area (Å²) in [5.74, 6) is 1.19. The number of nitrogens with two attached hydrogens (primary N) is 1. The number of benzene rings is 1. The topological polar surface area (TPSA) is 78.8 Å². The van der Waals surface area contributed by atoms with Crippen LogP contribution < -0.4 is 5.73 Å². The van der Waals surface area contributed by atoms with Gasteiger partial charge in [-0.3, -0.25) is 0 Å². The molecule has 6 heteroatoms. The van der Waals surface area contributed by atoms with Gasteiger partial charge in [-0.25, -0.2) is 0 Å². The van der Waals surface area contributed by atoms with Crippen molar-refractivity contribution in [1.29, 1.82) is 0 Å². The molecule has 1 aromatic rings. The van der Waals surface area contributed by atoms with Gasteiger partial charge in [0.2, 0.25) is 0 Å². The first-order valence-electron chi connectivity index (χ1n) is 5.09. The third-order valence-electron chi connectivity index (χ3n) is 2.17. The molecule has 1 atom stereocenters. The maximum Gasteiger partial charge on any atom is 0.170 e. The van der Waals surface area contributed by atoms with Crippen molar-refractivity contribution in [1.82, 2.24) is 0 Å². The van der Waals surface area contributed by atoms with E-state index >= 15 is 0 Å². The Labute approximate surface area is 113 Å². The Balaban J connectivity index is 2.76. The summed E-state index contributed by atoms with van der Waals surface area (Å²) < 4.78 is 0.900. The molecule has 0 aliphatic carbocycles. The molecule has 0 fully saturated rings. The first-order chi connectivity index (χ1) is 8.08. The van der Waals surface area contributed by atoms with Gasteiger partial charge in [0.25, 0.3) is 0 Å². The average molecular weight is 319 g/mol. The van der Waals surface area contributed by atoms with Gasteiger partial charge < -0.3 is 16.0 Å². The maximum absolute atomic E-state index is 8.95. The second kappa shape index (κ2) is 6.88. The summed E-state index contributed by atoms with van der Waals surface area (Å²) in [6.45, 7) is 2.18. The van der Waals surface area contributed by atoms with Crippen LogP contribution in [0.4, 0.5) is 0 Å². The standard InChI is InChI=1S/C11H15BrN2O2S/c1-7(5-15)6-17-10-3-2-8(4-9(10)12)11(13)14-16/h2-4,7,15-16H,5-6H2,1H3,(H2,13,14). The highest BCUT2D eigenvalue weighted by Crippen LogP contribution is 2.29. The van der Waals surface area contributed by atoms with E-state index in [1.54, 1.807) is 23.9 Å².